The van der Waals surface area contributed by atoms with Gasteiger partial charge in [0.15, 0.2) is 0 Å². The summed E-state index contributed by atoms with van der Waals surface area (Å²) in [7, 11) is 0. The maximum atomic E-state index is 4.28. The molecule has 14 heavy (non-hydrogen) atoms. The SMILES string of the molecule is CCc1nccn1-c1ccc(Br)cc1. The smallest absolute Gasteiger partial charge is 0.112 e. The molecule has 3 heteroatoms. The van der Waals surface area contributed by atoms with Crippen molar-refractivity contribution >= 4 is 15.9 Å². The molecule has 0 aliphatic heterocycles. The molecular formula is C11H11BrN2. The standard InChI is InChI=1S/C11H11BrN2/c1-2-11-13-7-8-14(11)10-5-3-9(12)4-6-10/h3-8H,2H2,1H3. The number of aromatic nitrogens is 2. The van der Waals surface area contributed by atoms with Crippen LogP contribution in [0.3, 0.4) is 0 Å². The van der Waals surface area contributed by atoms with Gasteiger partial charge in [0.05, 0.1) is 0 Å². The van der Waals surface area contributed by atoms with E-state index in [-0.39, 0.29) is 0 Å². The van der Waals surface area contributed by atoms with Crippen LogP contribution in [0, 0.1) is 0 Å². The molecule has 72 valence electrons. The van der Waals surface area contributed by atoms with Gasteiger partial charge >= 0.3 is 0 Å². The molecule has 1 aromatic carbocycles. The highest BCUT2D eigenvalue weighted by molar-refractivity contribution is 9.10. The van der Waals surface area contributed by atoms with Crippen LogP contribution in [0.4, 0.5) is 0 Å². The molecule has 0 amide bonds. The Morgan fingerprint density at radius 2 is 2.00 bits per heavy atom. The van der Waals surface area contributed by atoms with Crippen LogP contribution < -0.4 is 0 Å². The fraction of sp³-hybridized carbons (Fsp3) is 0.182. The van der Waals surface area contributed by atoms with Gasteiger partial charge in [-0.3, -0.25) is 0 Å². The first-order valence-corrected chi connectivity index (χ1v) is 5.38. The van der Waals surface area contributed by atoms with Crippen molar-refractivity contribution < 1.29 is 0 Å². The fourth-order valence-corrected chi connectivity index (χ4v) is 1.70. The molecule has 0 saturated carbocycles. The summed E-state index contributed by atoms with van der Waals surface area (Å²) in [6, 6.07) is 8.22. The number of hydrogen-bond acceptors (Lipinski definition) is 1. The minimum absolute atomic E-state index is 0.947. The minimum Gasteiger partial charge on any atom is -0.304 e. The van der Waals surface area contributed by atoms with E-state index in [0.717, 1.165) is 22.4 Å². The van der Waals surface area contributed by atoms with Crippen molar-refractivity contribution in [1.82, 2.24) is 9.55 Å². The molecular weight excluding hydrogens is 240 g/mol. The maximum absolute atomic E-state index is 4.28. The van der Waals surface area contributed by atoms with Crippen LogP contribution in [0.15, 0.2) is 41.1 Å². The Morgan fingerprint density at radius 3 is 2.64 bits per heavy atom. The van der Waals surface area contributed by atoms with E-state index in [1.54, 1.807) is 0 Å². The molecule has 2 rings (SSSR count). The van der Waals surface area contributed by atoms with Gasteiger partial charge in [-0.25, -0.2) is 4.98 Å². The summed E-state index contributed by atoms with van der Waals surface area (Å²) in [6.45, 7) is 2.11. The first kappa shape index (κ1) is 9.46. The van der Waals surface area contributed by atoms with Gasteiger partial charge in [0.1, 0.15) is 5.82 Å². The third-order valence-corrected chi connectivity index (χ3v) is 2.67. The lowest BCUT2D eigenvalue weighted by molar-refractivity contribution is 0.891. The second kappa shape index (κ2) is 3.96. The molecule has 2 aromatic rings. The second-order valence-corrected chi connectivity index (χ2v) is 3.96. The molecule has 0 aliphatic carbocycles. The highest BCUT2D eigenvalue weighted by Crippen LogP contribution is 2.15. The van der Waals surface area contributed by atoms with Gasteiger partial charge in [-0.1, -0.05) is 22.9 Å². The highest BCUT2D eigenvalue weighted by atomic mass is 79.9. The van der Waals surface area contributed by atoms with E-state index in [1.807, 2.05) is 24.5 Å². The van der Waals surface area contributed by atoms with Gasteiger partial charge in [-0.15, -0.1) is 0 Å². The average molecular weight is 251 g/mol. The summed E-state index contributed by atoms with van der Waals surface area (Å²) < 4.78 is 3.20. The van der Waals surface area contributed by atoms with Crippen LogP contribution >= 0.6 is 15.9 Å². The molecule has 0 spiro atoms. The molecule has 1 aromatic heterocycles. The zero-order chi connectivity index (χ0) is 9.97. The first-order chi connectivity index (χ1) is 6.81. The largest absolute Gasteiger partial charge is 0.304 e. The van der Waals surface area contributed by atoms with E-state index < -0.39 is 0 Å². The van der Waals surface area contributed by atoms with Crippen molar-refractivity contribution in [3.63, 3.8) is 0 Å². The fourth-order valence-electron chi connectivity index (χ4n) is 1.43. The maximum Gasteiger partial charge on any atom is 0.112 e. The lowest BCUT2D eigenvalue weighted by atomic mass is 10.3. The molecule has 1 heterocycles. The summed E-state index contributed by atoms with van der Waals surface area (Å²) in [6.07, 6.45) is 4.77. The van der Waals surface area contributed by atoms with Crippen LogP contribution in [-0.4, -0.2) is 9.55 Å². The van der Waals surface area contributed by atoms with E-state index in [9.17, 15) is 0 Å². The van der Waals surface area contributed by atoms with Crippen molar-refractivity contribution in [2.75, 3.05) is 0 Å². The Bertz CT molecular complexity index is 417. The molecule has 0 N–H and O–H groups in total. The second-order valence-electron chi connectivity index (χ2n) is 3.04. The molecule has 0 unspecified atom stereocenters. The van der Waals surface area contributed by atoms with E-state index >= 15 is 0 Å². The molecule has 0 fully saturated rings. The molecule has 0 aliphatic rings. The van der Waals surface area contributed by atoms with Crippen molar-refractivity contribution in [3.8, 4) is 5.69 Å². The predicted molar refractivity (Wildman–Crippen MR) is 60.6 cm³/mol. The monoisotopic (exact) mass is 250 g/mol. The number of benzene rings is 1. The minimum atomic E-state index is 0.947. The molecule has 0 atom stereocenters. The summed E-state index contributed by atoms with van der Waals surface area (Å²) in [5.74, 6) is 1.09. The van der Waals surface area contributed by atoms with E-state index in [0.29, 0.717) is 0 Å². The van der Waals surface area contributed by atoms with Gasteiger partial charge in [0.2, 0.25) is 0 Å². The number of rotatable bonds is 2. The number of aryl methyl sites for hydroxylation is 1. The van der Waals surface area contributed by atoms with E-state index in [4.69, 9.17) is 0 Å². The van der Waals surface area contributed by atoms with Crippen molar-refractivity contribution in [1.29, 1.82) is 0 Å². The van der Waals surface area contributed by atoms with Gasteiger partial charge in [0, 0.05) is 29.0 Å². The number of halogens is 1. The molecule has 0 saturated heterocycles. The number of imidazole rings is 1. The normalized spacial score (nSPS) is 10.4. The number of nitrogens with zero attached hydrogens (tertiary/aromatic N) is 2. The van der Waals surface area contributed by atoms with Gasteiger partial charge in [0.25, 0.3) is 0 Å². The molecule has 0 radical (unpaired) electrons. The third kappa shape index (κ3) is 1.73. The van der Waals surface area contributed by atoms with E-state index in [2.05, 4.69) is 44.5 Å². The van der Waals surface area contributed by atoms with Crippen molar-refractivity contribution in [3.05, 3.63) is 47.0 Å². The van der Waals surface area contributed by atoms with Gasteiger partial charge in [-0.05, 0) is 24.3 Å². The summed E-state index contributed by atoms with van der Waals surface area (Å²) in [4.78, 5) is 4.28. The van der Waals surface area contributed by atoms with Crippen LogP contribution in [0.1, 0.15) is 12.7 Å². The summed E-state index contributed by atoms with van der Waals surface area (Å²) in [5.41, 5.74) is 1.16. The first-order valence-electron chi connectivity index (χ1n) is 4.59. The Hall–Kier alpha value is -1.09. The van der Waals surface area contributed by atoms with Crippen molar-refractivity contribution in [2.45, 2.75) is 13.3 Å². The van der Waals surface area contributed by atoms with Crippen molar-refractivity contribution in [2.24, 2.45) is 0 Å². The van der Waals surface area contributed by atoms with Gasteiger partial charge in [-0.2, -0.15) is 0 Å². The average Bonchev–Trinajstić information content (AvgIpc) is 2.67. The summed E-state index contributed by atoms with van der Waals surface area (Å²) in [5, 5.41) is 0. The third-order valence-electron chi connectivity index (χ3n) is 2.14. The summed E-state index contributed by atoms with van der Waals surface area (Å²) >= 11 is 3.42. The van der Waals surface area contributed by atoms with Crippen LogP contribution in [0.25, 0.3) is 5.69 Å². The quantitative estimate of drug-likeness (QED) is 0.801. The topological polar surface area (TPSA) is 17.8 Å². The lowest BCUT2D eigenvalue weighted by Crippen LogP contribution is -1.98. The van der Waals surface area contributed by atoms with E-state index in [1.165, 1.54) is 0 Å². The Balaban J connectivity index is 2.44. The lowest BCUT2D eigenvalue weighted by Gasteiger charge is -2.05. The Morgan fingerprint density at radius 1 is 1.29 bits per heavy atom. The van der Waals surface area contributed by atoms with Crippen LogP contribution in [0.2, 0.25) is 0 Å². The molecule has 2 nitrogen and oxygen atoms in total. The Kier molecular flexibility index (Phi) is 2.68. The van der Waals surface area contributed by atoms with Crippen LogP contribution in [-0.2, 0) is 6.42 Å². The zero-order valence-corrected chi connectivity index (χ0v) is 9.53. The zero-order valence-electron chi connectivity index (χ0n) is 7.94. The van der Waals surface area contributed by atoms with Crippen LogP contribution in [0.5, 0.6) is 0 Å². The Labute approximate surface area is 91.7 Å². The van der Waals surface area contributed by atoms with Gasteiger partial charge < -0.3 is 4.57 Å². The predicted octanol–water partition coefficient (Wildman–Crippen LogP) is 3.20. The number of hydrogen-bond donors (Lipinski definition) is 0. The highest BCUT2D eigenvalue weighted by Gasteiger charge is 2.01. The molecule has 0 bridgehead atoms.